The summed E-state index contributed by atoms with van der Waals surface area (Å²) in [5.74, 6) is 0.493. The number of fused-ring (bicyclic) bond motifs is 1. The van der Waals surface area contributed by atoms with Gasteiger partial charge in [-0.2, -0.15) is 0 Å². The van der Waals surface area contributed by atoms with Crippen molar-refractivity contribution in [2.24, 2.45) is 0 Å². The van der Waals surface area contributed by atoms with Gasteiger partial charge in [-0.25, -0.2) is 9.37 Å². The van der Waals surface area contributed by atoms with Crippen molar-refractivity contribution in [3.63, 3.8) is 0 Å². The molecule has 5 heteroatoms. The van der Waals surface area contributed by atoms with Gasteiger partial charge in [0.2, 0.25) is 0 Å². The highest BCUT2D eigenvalue weighted by Crippen LogP contribution is 2.51. The summed E-state index contributed by atoms with van der Waals surface area (Å²) in [6, 6.07) is 6.53. The molecular formula is C16H16FN3O. The first-order chi connectivity index (χ1) is 10.2. The fourth-order valence-electron chi connectivity index (χ4n) is 3.14. The number of halogens is 1. The Morgan fingerprint density at radius 2 is 1.95 bits per heavy atom. The molecule has 0 bridgehead atoms. The second kappa shape index (κ2) is 4.49. The molecule has 0 amide bonds. The van der Waals surface area contributed by atoms with Crippen LogP contribution in [0.1, 0.15) is 35.5 Å². The van der Waals surface area contributed by atoms with Crippen molar-refractivity contribution in [1.29, 1.82) is 0 Å². The lowest BCUT2D eigenvalue weighted by molar-refractivity contribution is 0.603. The van der Waals surface area contributed by atoms with Gasteiger partial charge in [-0.1, -0.05) is 12.1 Å². The van der Waals surface area contributed by atoms with E-state index in [1.165, 1.54) is 12.1 Å². The van der Waals surface area contributed by atoms with Gasteiger partial charge in [-0.3, -0.25) is 4.79 Å². The predicted octanol–water partition coefficient (Wildman–Crippen LogP) is 1.63. The maximum atomic E-state index is 13.1. The molecule has 2 aromatic rings. The first-order valence-corrected chi connectivity index (χ1v) is 7.28. The summed E-state index contributed by atoms with van der Waals surface area (Å²) in [4.78, 5) is 19.9. The molecule has 0 spiro atoms. The van der Waals surface area contributed by atoms with Gasteiger partial charge in [0.1, 0.15) is 11.6 Å². The molecule has 21 heavy (non-hydrogen) atoms. The van der Waals surface area contributed by atoms with Crippen LogP contribution in [0, 0.1) is 5.82 Å². The Bertz CT molecular complexity index is 747. The number of aromatic nitrogens is 2. The van der Waals surface area contributed by atoms with Gasteiger partial charge in [-0.05, 0) is 30.5 Å². The number of hydrogen-bond acceptors (Lipinski definition) is 3. The molecule has 0 radical (unpaired) electrons. The summed E-state index contributed by atoms with van der Waals surface area (Å²) in [6.45, 7) is 1.44. The van der Waals surface area contributed by atoms with Crippen LogP contribution in [-0.4, -0.2) is 16.5 Å². The zero-order valence-corrected chi connectivity index (χ0v) is 11.6. The second-order valence-corrected chi connectivity index (χ2v) is 5.86. The van der Waals surface area contributed by atoms with Crippen LogP contribution in [0.4, 0.5) is 4.39 Å². The van der Waals surface area contributed by atoms with Crippen LogP contribution in [0.15, 0.2) is 29.1 Å². The average molecular weight is 285 g/mol. The van der Waals surface area contributed by atoms with Gasteiger partial charge < -0.3 is 10.3 Å². The monoisotopic (exact) mass is 285 g/mol. The molecule has 4 nitrogen and oxygen atoms in total. The van der Waals surface area contributed by atoms with E-state index in [-0.39, 0.29) is 16.8 Å². The minimum absolute atomic E-state index is 0.0458. The molecular weight excluding hydrogens is 269 g/mol. The third-order valence-electron chi connectivity index (χ3n) is 4.54. The summed E-state index contributed by atoms with van der Waals surface area (Å²) in [5.41, 5.74) is 2.41. The number of nitrogens with zero attached hydrogens (tertiary/aromatic N) is 1. The molecule has 1 aliphatic carbocycles. The summed E-state index contributed by atoms with van der Waals surface area (Å²) in [7, 11) is 0. The van der Waals surface area contributed by atoms with Crippen LogP contribution < -0.4 is 10.9 Å². The highest BCUT2D eigenvalue weighted by atomic mass is 19.1. The first-order valence-electron chi connectivity index (χ1n) is 7.28. The molecule has 1 aromatic heterocycles. The molecule has 2 N–H and O–H groups in total. The molecule has 2 aliphatic rings. The van der Waals surface area contributed by atoms with Crippen LogP contribution in [0.25, 0.3) is 0 Å². The van der Waals surface area contributed by atoms with E-state index in [0.29, 0.717) is 6.54 Å². The normalized spacial score (nSPS) is 19.1. The van der Waals surface area contributed by atoms with E-state index >= 15 is 0 Å². The smallest absolute Gasteiger partial charge is 0.255 e. The maximum Gasteiger partial charge on any atom is 0.255 e. The van der Waals surface area contributed by atoms with E-state index in [4.69, 9.17) is 4.98 Å². The number of hydrogen-bond donors (Lipinski definition) is 2. The van der Waals surface area contributed by atoms with Gasteiger partial charge in [0.25, 0.3) is 5.56 Å². The molecule has 0 unspecified atom stereocenters. The Morgan fingerprint density at radius 3 is 2.67 bits per heavy atom. The van der Waals surface area contributed by atoms with Gasteiger partial charge in [0.15, 0.2) is 0 Å². The number of aromatic amines is 1. The Kier molecular flexibility index (Phi) is 2.72. The molecule has 108 valence electrons. The van der Waals surface area contributed by atoms with Gasteiger partial charge in [0.05, 0.1) is 16.7 Å². The van der Waals surface area contributed by atoms with Crippen LogP contribution in [0.2, 0.25) is 0 Å². The van der Waals surface area contributed by atoms with Crippen molar-refractivity contribution in [1.82, 2.24) is 15.3 Å². The minimum atomic E-state index is -0.243. The third kappa shape index (κ3) is 2.00. The van der Waals surface area contributed by atoms with Crippen LogP contribution in [0.3, 0.4) is 0 Å². The SMILES string of the molecule is O=c1[nH]c(C2(c3ccc(F)cc3)CC2)nc2c1CNCC2. The predicted molar refractivity (Wildman–Crippen MR) is 76.7 cm³/mol. The number of benzene rings is 1. The quantitative estimate of drug-likeness (QED) is 0.882. The first kappa shape index (κ1) is 12.7. The largest absolute Gasteiger partial charge is 0.312 e. The standard InChI is InChI=1S/C16H16FN3O/c17-11-3-1-10(2-4-11)16(6-7-16)15-19-13-5-8-18-9-12(13)14(21)20-15/h1-4,18H,5-9H2,(H,19,20,21). The van der Waals surface area contributed by atoms with Crippen LogP contribution >= 0.6 is 0 Å². The van der Waals surface area contributed by atoms with E-state index in [9.17, 15) is 9.18 Å². The lowest BCUT2D eigenvalue weighted by atomic mass is 9.94. The summed E-state index contributed by atoms with van der Waals surface area (Å²) in [6.07, 6.45) is 2.67. The molecule has 1 saturated carbocycles. The molecule has 2 heterocycles. The summed E-state index contributed by atoms with van der Waals surface area (Å²) >= 11 is 0. The topological polar surface area (TPSA) is 57.8 Å². The number of H-pyrrole nitrogens is 1. The minimum Gasteiger partial charge on any atom is -0.312 e. The van der Waals surface area contributed by atoms with E-state index in [1.807, 2.05) is 0 Å². The Balaban J connectivity index is 1.81. The summed E-state index contributed by atoms with van der Waals surface area (Å²) in [5, 5.41) is 3.19. The van der Waals surface area contributed by atoms with E-state index in [2.05, 4.69) is 10.3 Å². The van der Waals surface area contributed by atoms with Crippen LogP contribution in [0.5, 0.6) is 0 Å². The van der Waals surface area contributed by atoms with E-state index in [1.54, 1.807) is 12.1 Å². The lowest BCUT2D eigenvalue weighted by Gasteiger charge is -2.20. The zero-order chi connectivity index (χ0) is 14.4. The molecule has 1 aliphatic heterocycles. The van der Waals surface area contributed by atoms with E-state index in [0.717, 1.165) is 48.5 Å². The highest BCUT2D eigenvalue weighted by molar-refractivity contribution is 5.40. The van der Waals surface area contributed by atoms with Crippen molar-refractivity contribution < 1.29 is 4.39 Å². The van der Waals surface area contributed by atoms with E-state index < -0.39 is 0 Å². The van der Waals surface area contributed by atoms with Gasteiger partial charge in [-0.15, -0.1) is 0 Å². The van der Waals surface area contributed by atoms with Crippen LogP contribution in [-0.2, 0) is 18.4 Å². The molecule has 4 rings (SSSR count). The molecule has 0 saturated heterocycles. The average Bonchev–Trinajstić information content (AvgIpc) is 3.30. The summed E-state index contributed by atoms with van der Waals surface area (Å²) < 4.78 is 13.1. The fraction of sp³-hybridized carbons (Fsp3) is 0.375. The fourth-order valence-corrected chi connectivity index (χ4v) is 3.14. The molecule has 0 atom stereocenters. The molecule has 1 fully saturated rings. The Labute approximate surface area is 121 Å². The Hall–Kier alpha value is -2.01. The number of nitrogens with one attached hydrogen (secondary N) is 2. The van der Waals surface area contributed by atoms with Crippen molar-refractivity contribution in [2.75, 3.05) is 6.54 Å². The highest BCUT2D eigenvalue weighted by Gasteiger charge is 2.48. The zero-order valence-electron chi connectivity index (χ0n) is 11.6. The van der Waals surface area contributed by atoms with Crippen molar-refractivity contribution in [3.8, 4) is 0 Å². The molecule has 1 aromatic carbocycles. The number of rotatable bonds is 2. The van der Waals surface area contributed by atoms with Gasteiger partial charge >= 0.3 is 0 Å². The van der Waals surface area contributed by atoms with Crippen molar-refractivity contribution in [2.45, 2.75) is 31.2 Å². The van der Waals surface area contributed by atoms with Gasteiger partial charge in [0, 0.05) is 19.5 Å². The van der Waals surface area contributed by atoms with Crippen molar-refractivity contribution in [3.05, 3.63) is 63.1 Å². The Morgan fingerprint density at radius 1 is 1.19 bits per heavy atom. The lowest BCUT2D eigenvalue weighted by Crippen LogP contribution is -2.33. The van der Waals surface area contributed by atoms with Crippen molar-refractivity contribution >= 4 is 0 Å². The second-order valence-electron chi connectivity index (χ2n) is 5.86. The third-order valence-corrected chi connectivity index (χ3v) is 4.54. The maximum absolute atomic E-state index is 13.1.